The van der Waals surface area contributed by atoms with Crippen molar-refractivity contribution < 1.29 is 4.74 Å². The molecule has 1 aromatic rings. The van der Waals surface area contributed by atoms with Crippen LogP contribution in [0.4, 0.5) is 0 Å². The largest absolute Gasteiger partial charge is 0.379 e. The van der Waals surface area contributed by atoms with E-state index in [4.69, 9.17) is 10.5 Å². The van der Waals surface area contributed by atoms with Crippen molar-refractivity contribution in [3.63, 3.8) is 0 Å². The van der Waals surface area contributed by atoms with E-state index in [-0.39, 0.29) is 24.0 Å². The second kappa shape index (κ2) is 10.1. The highest BCUT2D eigenvalue weighted by atomic mass is 127. The number of hydrogen-bond donors (Lipinski definition) is 2. The van der Waals surface area contributed by atoms with E-state index in [1.807, 2.05) is 18.7 Å². The molecule has 0 bridgehead atoms. The molecule has 0 atom stereocenters. The molecule has 0 radical (unpaired) electrons. The van der Waals surface area contributed by atoms with Crippen molar-refractivity contribution >= 4 is 29.9 Å². The predicted octanol–water partition coefficient (Wildman–Crippen LogP) is 0.782. The molecule has 1 aliphatic heterocycles. The van der Waals surface area contributed by atoms with Gasteiger partial charge in [-0.1, -0.05) is 0 Å². The fourth-order valence-corrected chi connectivity index (χ4v) is 2.61. The molecule has 8 heteroatoms. The Kier molecular flexibility index (Phi) is 8.85. The molecule has 1 saturated heterocycles. The van der Waals surface area contributed by atoms with Crippen LogP contribution in [0.15, 0.2) is 4.99 Å². The summed E-state index contributed by atoms with van der Waals surface area (Å²) in [6.45, 7) is 10.3. The summed E-state index contributed by atoms with van der Waals surface area (Å²) in [5.74, 6) is 0.504. The van der Waals surface area contributed by atoms with Crippen LogP contribution in [0.25, 0.3) is 0 Å². The third-order valence-corrected chi connectivity index (χ3v) is 4.13. The van der Waals surface area contributed by atoms with E-state index in [1.54, 1.807) is 0 Å². The highest BCUT2D eigenvalue weighted by Crippen LogP contribution is 2.12. The van der Waals surface area contributed by atoms with Gasteiger partial charge in [0.2, 0.25) is 0 Å². The first kappa shape index (κ1) is 20.2. The van der Waals surface area contributed by atoms with Gasteiger partial charge < -0.3 is 15.8 Å². The Morgan fingerprint density at radius 3 is 2.65 bits per heavy atom. The summed E-state index contributed by atoms with van der Waals surface area (Å²) >= 11 is 0. The Labute approximate surface area is 155 Å². The molecule has 0 saturated carbocycles. The van der Waals surface area contributed by atoms with Crippen molar-refractivity contribution in [3.8, 4) is 0 Å². The van der Waals surface area contributed by atoms with Gasteiger partial charge in [-0.25, -0.2) is 4.99 Å². The first-order valence-corrected chi connectivity index (χ1v) is 7.91. The quantitative estimate of drug-likeness (QED) is 0.298. The summed E-state index contributed by atoms with van der Waals surface area (Å²) in [5.41, 5.74) is 9.24. The number of rotatable bonds is 6. The molecule has 0 unspecified atom stereocenters. The lowest BCUT2D eigenvalue weighted by molar-refractivity contribution is 0.0376. The van der Waals surface area contributed by atoms with Crippen molar-refractivity contribution in [2.45, 2.75) is 26.8 Å². The maximum absolute atomic E-state index is 5.93. The van der Waals surface area contributed by atoms with Gasteiger partial charge >= 0.3 is 0 Å². The smallest absolute Gasteiger partial charge is 0.188 e. The molecule has 2 rings (SSSR count). The number of ether oxygens (including phenoxy) is 1. The summed E-state index contributed by atoms with van der Waals surface area (Å²) in [6.07, 6.45) is 1.06. The minimum Gasteiger partial charge on any atom is -0.379 e. The Morgan fingerprint density at radius 1 is 1.35 bits per heavy atom. The van der Waals surface area contributed by atoms with Gasteiger partial charge in [0.1, 0.15) is 0 Å². The molecule has 23 heavy (non-hydrogen) atoms. The zero-order valence-electron chi connectivity index (χ0n) is 14.3. The van der Waals surface area contributed by atoms with Crippen LogP contribution in [0.5, 0.6) is 0 Å². The van der Waals surface area contributed by atoms with Crippen LogP contribution < -0.4 is 11.1 Å². The van der Waals surface area contributed by atoms with Crippen LogP contribution in [0.1, 0.15) is 23.4 Å². The third-order valence-electron chi connectivity index (χ3n) is 4.13. The lowest BCUT2D eigenvalue weighted by Gasteiger charge is -2.26. The number of nitrogens with two attached hydrogens (primary N) is 1. The monoisotopic (exact) mass is 436 g/mol. The molecule has 3 N–H and O–H groups in total. The van der Waals surface area contributed by atoms with Gasteiger partial charge in [-0.3, -0.25) is 9.58 Å². The van der Waals surface area contributed by atoms with Gasteiger partial charge in [-0.05, 0) is 26.8 Å². The molecule has 1 aliphatic rings. The Balaban J connectivity index is 0.00000264. The SMILES string of the molecule is Cc1nn(C)c(C)c1CN=C(N)NCCCN1CCOCC1.I. The Bertz CT molecular complexity index is 510. The molecular weight excluding hydrogens is 407 g/mol. The molecule has 0 aliphatic carbocycles. The molecule has 132 valence electrons. The van der Waals surface area contributed by atoms with E-state index in [2.05, 4.69) is 27.2 Å². The van der Waals surface area contributed by atoms with Crippen molar-refractivity contribution in [3.05, 3.63) is 17.0 Å². The highest BCUT2D eigenvalue weighted by molar-refractivity contribution is 14.0. The van der Waals surface area contributed by atoms with Crippen LogP contribution in [0.2, 0.25) is 0 Å². The minimum absolute atomic E-state index is 0. The van der Waals surface area contributed by atoms with Crippen LogP contribution in [-0.2, 0) is 18.3 Å². The Morgan fingerprint density at radius 2 is 2.04 bits per heavy atom. The first-order valence-electron chi connectivity index (χ1n) is 7.91. The average molecular weight is 436 g/mol. The number of aryl methyl sites for hydroxylation is 2. The van der Waals surface area contributed by atoms with Gasteiger partial charge in [0.15, 0.2) is 5.96 Å². The van der Waals surface area contributed by atoms with E-state index in [1.165, 1.54) is 0 Å². The average Bonchev–Trinajstić information content (AvgIpc) is 2.76. The Hall–Kier alpha value is -0.870. The molecule has 0 amide bonds. The van der Waals surface area contributed by atoms with Crippen molar-refractivity contribution in [2.75, 3.05) is 39.4 Å². The molecular formula is C15H29IN6O. The van der Waals surface area contributed by atoms with Crippen LogP contribution in [0, 0.1) is 13.8 Å². The number of hydrogen-bond acceptors (Lipinski definition) is 4. The number of halogens is 1. The summed E-state index contributed by atoms with van der Waals surface area (Å²) in [4.78, 5) is 6.83. The standard InChI is InChI=1S/C15H28N6O.HI/c1-12-14(13(2)20(3)19-12)11-18-15(16)17-5-4-6-21-7-9-22-10-8-21;/h4-11H2,1-3H3,(H3,16,17,18);1H. The van der Waals surface area contributed by atoms with Crippen LogP contribution >= 0.6 is 24.0 Å². The molecule has 1 fully saturated rings. The van der Waals surface area contributed by atoms with Gasteiger partial charge in [-0.15, -0.1) is 24.0 Å². The van der Waals surface area contributed by atoms with E-state index >= 15 is 0 Å². The number of guanidine groups is 1. The van der Waals surface area contributed by atoms with E-state index < -0.39 is 0 Å². The highest BCUT2D eigenvalue weighted by Gasteiger charge is 2.10. The summed E-state index contributed by atoms with van der Waals surface area (Å²) in [5, 5.41) is 7.57. The third kappa shape index (κ3) is 6.27. The summed E-state index contributed by atoms with van der Waals surface area (Å²) < 4.78 is 7.22. The van der Waals surface area contributed by atoms with Crippen LogP contribution in [0.3, 0.4) is 0 Å². The predicted molar refractivity (Wildman–Crippen MR) is 103 cm³/mol. The maximum Gasteiger partial charge on any atom is 0.188 e. The lowest BCUT2D eigenvalue weighted by atomic mass is 10.2. The number of nitrogens with one attached hydrogen (secondary N) is 1. The minimum atomic E-state index is 0. The van der Waals surface area contributed by atoms with E-state index in [0.29, 0.717) is 12.5 Å². The normalized spacial score (nSPS) is 16.2. The topological polar surface area (TPSA) is 80.7 Å². The van der Waals surface area contributed by atoms with Gasteiger partial charge in [0, 0.05) is 37.9 Å². The zero-order chi connectivity index (χ0) is 15.9. The fraction of sp³-hybridized carbons (Fsp3) is 0.733. The van der Waals surface area contributed by atoms with E-state index in [0.717, 1.165) is 62.8 Å². The van der Waals surface area contributed by atoms with Gasteiger partial charge in [0.25, 0.3) is 0 Å². The fourth-order valence-electron chi connectivity index (χ4n) is 2.61. The molecule has 0 spiro atoms. The number of aromatic nitrogens is 2. The number of morpholine rings is 1. The second-order valence-electron chi connectivity index (χ2n) is 5.71. The van der Waals surface area contributed by atoms with Gasteiger partial charge in [0.05, 0.1) is 25.5 Å². The summed E-state index contributed by atoms with van der Waals surface area (Å²) in [7, 11) is 1.95. The van der Waals surface area contributed by atoms with Crippen molar-refractivity contribution in [1.82, 2.24) is 20.0 Å². The number of nitrogens with zero attached hydrogens (tertiary/aromatic N) is 4. The maximum atomic E-state index is 5.93. The molecule has 2 heterocycles. The van der Waals surface area contributed by atoms with Crippen molar-refractivity contribution in [2.24, 2.45) is 17.8 Å². The van der Waals surface area contributed by atoms with E-state index in [9.17, 15) is 0 Å². The molecule has 0 aromatic carbocycles. The van der Waals surface area contributed by atoms with Gasteiger partial charge in [-0.2, -0.15) is 5.10 Å². The lowest BCUT2D eigenvalue weighted by Crippen LogP contribution is -2.39. The van der Waals surface area contributed by atoms with Crippen LogP contribution in [-0.4, -0.2) is 60.0 Å². The number of aliphatic imine (C=N–C) groups is 1. The molecule has 1 aromatic heterocycles. The first-order chi connectivity index (χ1) is 10.6. The molecule has 7 nitrogen and oxygen atoms in total. The zero-order valence-corrected chi connectivity index (χ0v) is 16.7. The second-order valence-corrected chi connectivity index (χ2v) is 5.71. The van der Waals surface area contributed by atoms with Crippen molar-refractivity contribution in [1.29, 1.82) is 0 Å². The summed E-state index contributed by atoms with van der Waals surface area (Å²) in [6, 6.07) is 0.